The number of hydrogen-bond acceptors (Lipinski definition) is 4. The first-order valence-electron chi connectivity index (χ1n) is 8.88. The van der Waals surface area contributed by atoms with Crippen LogP contribution in [0.15, 0.2) is 24.3 Å². The highest BCUT2D eigenvalue weighted by molar-refractivity contribution is 6.06. The smallest absolute Gasteiger partial charge is 0.339 e. The van der Waals surface area contributed by atoms with E-state index in [4.69, 9.17) is 9.72 Å². The molecular weight excluding hydrogens is 302 g/mol. The Kier molecular flexibility index (Phi) is 4.05. The van der Waals surface area contributed by atoms with Gasteiger partial charge in [0, 0.05) is 17.5 Å². The van der Waals surface area contributed by atoms with Gasteiger partial charge in [0.25, 0.3) is 0 Å². The normalized spacial score (nSPS) is 20.7. The lowest BCUT2D eigenvalue weighted by atomic mass is 9.97. The summed E-state index contributed by atoms with van der Waals surface area (Å²) in [6, 6.07) is 7.73. The molecule has 2 aliphatic rings. The molecule has 4 nitrogen and oxygen atoms in total. The summed E-state index contributed by atoms with van der Waals surface area (Å²) in [5.41, 5.74) is 3.53. The highest BCUT2D eigenvalue weighted by Crippen LogP contribution is 2.30. The van der Waals surface area contributed by atoms with Crippen LogP contribution < -0.4 is 0 Å². The minimum absolute atomic E-state index is 0.0489. The number of pyridine rings is 1. The summed E-state index contributed by atoms with van der Waals surface area (Å²) in [6.45, 7) is 0. The first kappa shape index (κ1) is 15.3. The van der Waals surface area contributed by atoms with Crippen molar-refractivity contribution in [1.29, 1.82) is 0 Å². The van der Waals surface area contributed by atoms with Gasteiger partial charge in [0.2, 0.25) is 0 Å². The van der Waals surface area contributed by atoms with E-state index in [0.29, 0.717) is 18.4 Å². The van der Waals surface area contributed by atoms with Crippen molar-refractivity contribution in [2.24, 2.45) is 0 Å². The summed E-state index contributed by atoms with van der Waals surface area (Å²) in [6.07, 6.45) is 6.51. The van der Waals surface area contributed by atoms with E-state index < -0.39 is 6.10 Å². The molecule has 0 amide bonds. The zero-order valence-electron chi connectivity index (χ0n) is 13.7. The number of hydrogen-bond donors (Lipinski definition) is 0. The van der Waals surface area contributed by atoms with Crippen LogP contribution in [-0.2, 0) is 22.4 Å². The van der Waals surface area contributed by atoms with E-state index in [9.17, 15) is 9.59 Å². The van der Waals surface area contributed by atoms with Crippen molar-refractivity contribution in [2.45, 2.75) is 57.5 Å². The second kappa shape index (κ2) is 6.34. The van der Waals surface area contributed by atoms with Gasteiger partial charge in [0.05, 0.1) is 11.1 Å². The number of benzene rings is 1. The Hall–Kier alpha value is -2.23. The molecule has 0 saturated heterocycles. The van der Waals surface area contributed by atoms with Crippen LogP contribution in [0.4, 0.5) is 0 Å². The molecule has 0 N–H and O–H groups in total. The second-order valence-electron chi connectivity index (χ2n) is 6.74. The third-order valence-electron chi connectivity index (χ3n) is 5.12. The predicted molar refractivity (Wildman–Crippen MR) is 91.1 cm³/mol. The Morgan fingerprint density at radius 2 is 1.88 bits per heavy atom. The maximum absolute atomic E-state index is 12.9. The lowest BCUT2D eigenvalue weighted by molar-refractivity contribution is -0.124. The number of carbonyl (C=O) groups is 2. The number of ketones is 1. The number of fused-ring (bicyclic) bond motifs is 2. The van der Waals surface area contributed by atoms with Crippen LogP contribution in [0.2, 0.25) is 0 Å². The van der Waals surface area contributed by atoms with E-state index in [1.165, 1.54) is 0 Å². The topological polar surface area (TPSA) is 56.3 Å². The van der Waals surface area contributed by atoms with E-state index in [1.807, 2.05) is 24.3 Å². The van der Waals surface area contributed by atoms with Gasteiger partial charge in [-0.1, -0.05) is 24.6 Å². The number of aryl methyl sites for hydroxylation is 1. The number of ether oxygens (including phenoxy) is 1. The Balaban J connectivity index is 1.81. The van der Waals surface area contributed by atoms with Crippen molar-refractivity contribution in [3.05, 3.63) is 41.1 Å². The summed E-state index contributed by atoms with van der Waals surface area (Å²) in [5, 5.41) is 0.841. The SMILES string of the molecule is O=C(O[C@H]1CCCC1=O)c1c2c(nc3ccccc13)CCCCC2. The summed E-state index contributed by atoms with van der Waals surface area (Å²) < 4.78 is 5.61. The minimum Gasteiger partial charge on any atom is -0.451 e. The van der Waals surface area contributed by atoms with E-state index >= 15 is 0 Å². The molecule has 0 radical (unpaired) electrons. The van der Waals surface area contributed by atoms with Crippen molar-refractivity contribution in [1.82, 2.24) is 4.98 Å². The molecule has 1 heterocycles. The molecular formula is C20H21NO3. The third-order valence-corrected chi connectivity index (χ3v) is 5.12. The molecule has 0 bridgehead atoms. The van der Waals surface area contributed by atoms with Gasteiger partial charge in [-0.3, -0.25) is 9.78 Å². The van der Waals surface area contributed by atoms with Crippen molar-refractivity contribution in [3.8, 4) is 0 Å². The van der Waals surface area contributed by atoms with Crippen LogP contribution in [0.5, 0.6) is 0 Å². The average molecular weight is 323 g/mol. The maximum atomic E-state index is 12.9. The Morgan fingerprint density at radius 3 is 2.71 bits per heavy atom. The van der Waals surface area contributed by atoms with Gasteiger partial charge >= 0.3 is 5.97 Å². The largest absolute Gasteiger partial charge is 0.451 e. The van der Waals surface area contributed by atoms with Gasteiger partial charge in [0.15, 0.2) is 11.9 Å². The molecule has 0 aliphatic heterocycles. The first-order valence-corrected chi connectivity index (χ1v) is 8.88. The number of rotatable bonds is 2. The molecule has 4 heteroatoms. The molecule has 1 saturated carbocycles. The van der Waals surface area contributed by atoms with Gasteiger partial charge in [-0.25, -0.2) is 4.79 Å². The molecule has 0 spiro atoms. The van der Waals surface area contributed by atoms with Crippen LogP contribution in [0.25, 0.3) is 10.9 Å². The summed E-state index contributed by atoms with van der Waals surface area (Å²) >= 11 is 0. The quantitative estimate of drug-likeness (QED) is 0.623. The lowest BCUT2D eigenvalue weighted by Gasteiger charge is -2.16. The minimum atomic E-state index is -0.564. The number of para-hydroxylation sites is 1. The van der Waals surface area contributed by atoms with Crippen molar-refractivity contribution in [3.63, 3.8) is 0 Å². The summed E-state index contributed by atoms with van der Waals surface area (Å²) in [5.74, 6) is -0.306. The van der Waals surface area contributed by atoms with Crippen LogP contribution in [0.1, 0.15) is 60.1 Å². The van der Waals surface area contributed by atoms with E-state index in [0.717, 1.165) is 60.7 Å². The molecule has 1 aromatic heterocycles. The molecule has 1 aromatic carbocycles. The molecule has 4 rings (SSSR count). The number of Topliss-reactive ketones (excluding diaryl/α,β-unsaturated/α-hetero) is 1. The Bertz CT molecular complexity index is 812. The predicted octanol–water partition coefficient (Wildman–Crippen LogP) is 3.78. The van der Waals surface area contributed by atoms with Gasteiger partial charge in [-0.15, -0.1) is 0 Å². The number of esters is 1. The fourth-order valence-electron chi connectivity index (χ4n) is 3.88. The van der Waals surface area contributed by atoms with Crippen molar-refractivity contribution < 1.29 is 14.3 Å². The highest BCUT2D eigenvalue weighted by atomic mass is 16.5. The summed E-state index contributed by atoms with van der Waals surface area (Å²) in [7, 11) is 0. The summed E-state index contributed by atoms with van der Waals surface area (Å²) in [4.78, 5) is 29.6. The number of nitrogens with zero attached hydrogens (tertiary/aromatic N) is 1. The maximum Gasteiger partial charge on any atom is 0.339 e. The first-order chi connectivity index (χ1) is 11.7. The molecule has 2 aromatic rings. The zero-order chi connectivity index (χ0) is 16.5. The second-order valence-corrected chi connectivity index (χ2v) is 6.74. The molecule has 0 unspecified atom stereocenters. The van der Waals surface area contributed by atoms with Gasteiger partial charge in [0.1, 0.15) is 0 Å². The molecule has 24 heavy (non-hydrogen) atoms. The molecule has 124 valence electrons. The van der Waals surface area contributed by atoms with Gasteiger partial charge in [-0.05, 0) is 50.2 Å². The zero-order valence-corrected chi connectivity index (χ0v) is 13.7. The van der Waals surface area contributed by atoms with Crippen LogP contribution >= 0.6 is 0 Å². The van der Waals surface area contributed by atoms with Crippen LogP contribution in [0.3, 0.4) is 0 Å². The van der Waals surface area contributed by atoms with Crippen molar-refractivity contribution in [2.75, 3.05) is 0 Å². The standard InChI is InChI=1S/C20H21NO3/c22-17-11-6-12-18(17)24-20(23)19-13-7-2-1-3-9-15(13)21-16-10-5-4-8-14(16)19/h4-5,8,10,18H,1-3,6-7,9,11-12H2/t18-/m0/s1. The monoisotopic (exact) mass is 323 g/mol. The fraction of sp³-hybridized carbons (Fsp3) is 0.450. The third kappa shape index (κ3) is 2.70. The fourth-order valence-corrected chi connectivity index (χ4v) is 3.88. The van der Waals surface area contributed by atoms with Gasteiger partial charge < -0.3 is 4.74 Å². The van der Waals surface area contributed by atoms with Crippen molar-refractivity contribution >= 4 is 22.7 Å². The van der Waals surface area contributed by atoms with E-state index in [2.05, 4.69) is 0 Å². The number of aromatic nitrogens is 1. The Morgan fingerprint density at radius 1 is 1.04 bits per heavy atom. The molecule has 1 atom stereocenters. The highest BCUT2D eigenvalue weighted by Gasteiger charge is 2.30. The average Bonchev–Trinajstić information content (AvgIpc) is 2.84. The molecule has 2 aliphatic carbocycles. The van der Waals surface area contributed by atoms with E-state index in [-0.39, 0.29) is 11.8 Å². The number of carbonyl (C=O) groups excluding carboxylic acids is 2. The lowest BCUT2D eigenvalue weighted by Crippen LogP contribution is -2.23. The van der Waals surface area contributed by atoms with Crippen LogP contribution in [-0.4, -0.2) is 22.8 Å². The molecule has 1 fully saturated rings. The van der Waals surface area contributed by atoms with E-state index in [1.54, 1.807) is 0 Å². The van der Waals surface area contributed by atoms with Gasteiger partial charge in [-0.2, -0.15) is 0 Å². The van der Waals surface area contributed by atoms with Crippen LogP contribution in [0, 0.1) is 0 Å². The Labute approximate surface area is 141 Å².